The van der Waals surface area contributed by atoms with E-state index in [9.17, 15) is 9.59 Å². The van der Waals surface area contributed by atoms with Gasteiger partial charge in [-0.1, -0.05) is 12.1 Å². The molecule has 1 aromatic carbocycles. The van der Waals surface area contributed by atoms with Gasteiger partial charge in [0.2, 0.25) is 11.8 Å². The summed E-state index contributed by atoms with van der Waals surface area (Å²) in [6, 6.07) is 12.0. The summed E-state index contributed by atoms with van der Waals surface area (Å²) < 4.78 is 5.84. The number of unbranched alkanes of at least 4 members (excludes halogenated alkanes) is 1. The molecule has 0 unspecified atom stereocenters. The minimum absolute atomic E-state index is 0.158. The number of aromatic nitrogens is 3. The zero-order valence-electron chi connectivity index (χ0n) is 27.3. The van der Waals surface area contributed by atoms with Crippen LogP contribution in [0.2, 0.25) is 0 Å². The van der Waals surface area contributed by atoms with Crippen LogP contribution in [0.25, 0.3) is 11.3 Å². The molecule has 3 heterocycles. The van der Waals surface area contributed by atoms with Crippen LogP contribution < -0.4 is 20.7 Å². The molecule has 4 aliphatic carbocycles. The van der Waals surface area contributed by atoms with E-state index in [2.05, 4.69) is 37.3 Å². The summed E-state index contributed by atoms with van der Waals surface area (Å²) in [5.41, 5.74) is 10.1. The maximum atomic E-state index is 12.9. The Morgan fingerprint density at radius 1 is 0.894 bits per heavy atom. The van der Waals surface area contributed by atoms with Crippen molar-refractivity contribution in [3.05, 3.63) is 60.6 Å². The quantitative estimate of drug-likeness (QED) is 0.258. The Morgan fingerprint density at radius 3 is 2.23 bits per heavy atom. The topological polar surface area (TPSA) is 127 Å². The van der Waals surface area contributed by atoms with E-state index in [1.165, 1.54) is 38.5 Å². The van der Waals surface area contributed by atoms with Gasteiger partial charge in [-0.25, -0.2) is 9.97 Å². The number of hydrogen-bond donors (Lipinski definition) is 2. The average Bonchev–Trinajstić information content (AvgIpc) is 3.09. The predicted octanol–water partition coefficient (Wildman–Crippen LogP) is 5.24. The van der Waals surface area contributed by atoms with Crippen LogP contribution >= 0.6 is 0 Å². The van der Waals surface area contributed by atoms with Crippen molar-refractivity contribution in [3.63, 3.8) is 0 Å². The summed E-state index contributed by atoms with van der Waals surface area (Å²) in [7, 11) is 0. The summed E-state index contributed by atoms with van der Waals surface area (Å²) in [5.74, 6) is 3.62. The number of nitrogens with zero attached hydrogens (tertiary/aromatic N) is 5. The molecule has 3 N–H and O–H groups in total. The van der Waals surface area contributed by atoms with E-state index in [1.807, 2.05) is 29.2 Å². The molecule has 5 aliphatic rings. The molecule has 4 saturated carbocycles. The van der Waals surface area contributed by atoms with E-state index in [4.69, 9.17) is 10.5 Å². The number of benzene rings is 1. The Morgan fingerprint density at radius 2 is 1.55 bits per heavy atom. The second-order valence-electron chi connectivity index (χ2n) is 14.4. The molecule has 248 valence electrons. The molecule has 5 fully saturated rings. The summed E-state index contributed by atoms with van der Waals surface area (Å²) in [5, 5.41) is 3.28. The minimum atomic E-state index is 0.158. The van der Waals surface area contributed by atoms with Gasteiger partial charge in [0.05, 0.1) is 11.9 Å². The molecule has 0 atom stereocenters. The molecule has 4 bridgehead atoms. The molecule has 8 rings (SSSR count). The lowest BCUT2D eigenvalue weighted by molar-refractivity contribution is -0.132. The minimum Gasteiger partial charge on any atom is -0.470 e. The van der Waals surface area contributed by atoms with E-state index in [-0.39, 0.29) is 17.6 Å². The Hall–Kier alpha value is -4.21. The highest BCUT2D eigenvalue weighted by atomic mass is 16.5. The lowest BCUT2D eigenvalue weighted by Gasteiger charge is -2.56. The van der Waals surface area contributed by atoms with Crippen LogP contribution in [0.3, 0.4) is 0 Å². The summed E-state index contributed by atoms with van der Waals surface area (Å²) >= 11 is 0. The lowest BCUT2D eigenvalue weighted by atomic mass is 9.49. The molecule has 0 spiro atoms. The number of carbonyl (C=O) groups is 2. The fourth-order valence-electron chi connectivity index (χ4n) is 8.92. The van der Waals surface area contributed by atoms with Crippen molar-refractivity contribution >= 4 is 23.3 Å². The van der Waals surface area contributed by atoms with Crippen LogP contribution in [0.1, 0.15) is 69.8 Å². The van der Waals surface area contributed by atoms with Gasteiger partial charge in [0, 0.05) is 69.2 Å². The molecule has 1 saturated heterocycles. The van der Waals surface area contributed by atoms with Crippen LogP contribution in [0.4, 0.5) is 11.5 Å². The standard InChI is InChI=1S/C37H47N7O3/c38-35-36(47-24-26-9-11-39-12-10-26)42-32(23-40-35)30-5-7-31(8-6-30)43-13-15-44(16-14-43)34(46)4-2-1-3-33(45)41-25-37-20-27-17-28(21-37)19-29(18-27)22-37/h5-12,23,27-29H,1-4,13-22,24-25H2,(H2,38,40)(H,41,45). The number of rotatable bonds is 12. The van der Waals surface area contributed by atoms with E-state index in [0.717, 1.165) is 67.0 Å². The molecule has 47 heavy (non-hydrogen) atoms. The zero-order chi connectivity index (χ0) is 32.2. The van der Waals surface area contributed by atoms with Crippen molar-refractivity contribution in [2.75, 3.05) is 43.4 Å². The number of anilines is 2. The first kappa shape index (κ1) is 31.4. The van der Waals surface area contributed by atoms with Gasteiger partial charge in [-0.15, -0.1) is 0 Å². The number of ether oxygens (including phenoxy) is 1. The fraction of sp³-hybridized carbons (Fsp3) is 0.541. The Bertz CT molecular complexity index is 1500. The molecule has 2 amide bonds. The van der Waals surface area contributed by atoms with Crippen LogP contribution in [0, 0.1) is 23.2 Å². The molecule has 3 aromatic rings. The van der Waals surface area contributed by atoms with Gasteiger partial charge in [0.1, 0.15) is 6.61 Å². The number of amides is 2. The fourth-order valence-corrected chi connectivity index (χ4v) is 8.92. The van der Waals surface area contributed by atoms with E-state index in [0.29, 0.717) is 49.5 Å². The average molecular weight is 638 g/mol. The maximum absolute atomic E-state index is 12.9. The van der Waals surface area contributed by atoms with Crippen LogP contribution in [0.15, 0.2) is 55.0 Å². The van der Waals surface area contributed by atoms with Gasteiger partial charge in [0.15, 0.2) is 5.82 Å². The molecule has 10 nitrogen and oxygen atoms in total. The molecule has 10 heteroatoms. The Kier molecular flexibility index (Phi) is 9.27. The predicted molar refractivity (Wildman–Crippen MR) is 181 cm³/mol. The molecular formula is C37H47N7O3. The van der Waals surface area contributed by atoms with Gasteiger partial charge in [-0.2, -0.15) is 0 Å². The van der Waals surface area contributed by atoms with Crippen LogP contribution in [-0.2, 0) is 16.2 Å². The van der Waals surface area contributed by atoms with Crippen molar-refractivity contribution in [2.45, 2.75) is 70.8 Å². The number of nitrogen functional groups attached to an aromatic ring is 1. The molecule has 0 radical (unpaired) electrons. The Labute approximate surface area is 277 Å². The van der Waals surface area contributed by atoms with E-state index < -0.39 is 0 Å². The third-order valence-electron chi connectivity index (χ3n) is 10.9. The van der Waals surface area contributed by atoms with Crippen molar-refractivity contribution in [1.29, 1.82) is 0 Å². The highest BCUT2D eigenvalue weighted by molar-refractivity contribution is 5.77. The van der Waals surface area contributed by atoms with Crippen molar-refractivity contribution in [2.24, 2.45) is 23.2 Å². The second-order valence-corrected chi connectivity index (χ2v) is 14.4. The molecule has 2 aromatic heterocycles. The number of carbonyl (C=O) groups excluding carboxylic acids is 2. The summed E-state index contributed by atoms with van der Waals surface area (Å²) in [6.07, 6.45) is 15.9. The molecular weight excluding hydrogens is 590 g/mol. The maximum Gasteiger partial charge on any atom is 0.258 e. The smallest absolute Gasteiger partial charge is 0.258 e. The summed E-state index contributed by atoms with van der Waals surface area (Å²) in [4.78, 5) is 42.7. The number of nitrogens with one attached hydrogen (secondary N) is 1. The van der Waals surface area contributed by atoms with Gasteiger partial charge in [-0.05, 0) is 104 Å². The van der Waals surface area contributed by atoms with Gasteiger partial charge in [-0.3, -0.25) is 14.6 Å². The number of nitrogens with two attached hydrogens (primary N) is 1. The van der Waals surface area contributed by atoms with Crippen LogP contribution in [-0.4, -0.2) is 64.4 Å². The van der Waals surface area contributed by atoms with Gasteiger partial charge in [0.25, 0.3) is 5.88 Å². The zero-order valence-corrected chi connectivity index (χ0v) is 27.3. The van der Waals surface area contributed by atoms with Crippen molar-refractivity contribution in [1.82, 2.24) is 25.2 Å². The van der Waals surface area contributed by atoms with Gasteiger partial charge < -0.3 is 25.6 Å². The second kappa shape index (κ2) is 13.9. The van der Waals surface area contributed by atoms with E-state index >= 15 is 0 Å². The number of hydrogen-bond acceptors (Lipinski definition) is 8. The van der Waals surface area contributed by atoms with Crippen molar-refractivity contribution in [3.8, 4) is 17.1 Å². The van der Waals surface area contributed by atoms with E-state index in [1.54, 1.807) is 18.6 Å². The van der Waals surface area contributed by atoms with Crippen molar-refractivity contribution < 1.29 is 14.3 Å². The number of pyridine rings is 1. The third kappa shape index (κ3) is 7.52. The lowest BCUT2D eigenvalue weighted by Crippen LogP contribution is -2.51. The van der Waals surface area contributed by atoms with Gasteiger partial charge >= 0.3 is 0 Å². The SMILES string of the molecule is Nc1ncc(-c2ccc(N3CCN(C(=O)CCCCC(=O)NCC45CC6CC(CC(C6)C4)C5)CC3)cc2)nc1OCc1ccncc1. The third-order valence-corrected chi connectivity index (χ3v) is 10.9. The van der Waals surface area contributed by atoms with Crippen LogP contribution in [0.5, 0.6) is 5.88 Å². The normalized spacial score (nSPS) is 24.7. The monoisotopic (exact) mass is 637 g/mol. The first-order valence-corrected chi connectivity index (χ1v) is 17.5. The highest BCUT2D eigenvalue weighted by Gasteiger charge is 2.50. The highest BCUT2D eigenvalue weighted by Crippen LogP contribution is 2.59. The summed E-state index contributed by atoms with van der Waals surface area (Å²) in [6.45, 7) is 4.16. The first-order valence-electron chi connectivity index (χ1n) is 17.5. The largest absolute Gasteiger partial charge is 0.470 e. The first-order chi connectivity index (χ1) is 22.9. The molecule has 1 aliphatic heterocycles. The Balaban J connectivity index is 0.815. The number of piperazine rings is 1.